The van der Waals surface area contributed by atoms with E-state index in [9.17, 15) is 4.79 Å². The summed E-state index contributed by atoms with van der Waals surface area (Å²) in [6, 6.07) is 7.66. The van der Waals surface area contributed by atoms with Crippen LogP contribution < -0.4 is 10.6 Å². The van der Waals surface area contributed by atoms with Crippen molar-refractivity contribution in [2.45, 2.75) is 6.54 Å². The summed E-state index contributed by atoms with van der Waals surface area (Å²) in [5, 5.41) is 5.85. The number of oxazole rings is 1. The van der Waals surface area contributed by atoms with E-state index in [0.717, 1.165) is 22.2 Å². The van der Waals surface area contributed by atoms with Gasteiger partial charge in [-0.1, -0.05) is 12.1 Å². The number of anilines is 1. The number of ether oxygens (including phenoxy) is 1. The van der Waals surface area contributed by atoms with Crippen LogP contribution in [0.2, 0.25) is 0 Å². The van der Waals surface area contributed by atoms with Crippen molar-refractivity contribution in [1.29, 1.82) is 0 Å². The van der Waals surface area contributed by atoms with E-state index in [1.807, 2.05) is 35.9 Å². The standard InChI is InChI=1S/C19H20N6O3/c1-20-17-14-16(25(2)10-22-14)15-19(24-17)28-18(23-15)12-6-4-5-11(7-12)8-21-13(26)9-27-3/h4-7,10H,8-9H2,1-3H3,(H,20,24)(H,21,26). The van der Waals surface area contributed by atoms with Crippen molar-refractivity contribution < 1.29 is 13.9 Å². The van der Waals surface area contributed by atoms with Crippen LogP contribution in [-0.4, -0.2) is 46.2 Å². The van der Waals surface area contributed by atoms with Crippen molar-refractivity contribution in [3.05, 3.63) is 36.2 Å². The van der Waals surface area contributed by atoms with Crippen LogP contribution in [0.3, 0.4) is 0 Å². The highest BCUT2D eigenvalue weighted by Crippen LogP contribution is 2.31. The number of amides is 1. The van der Waals surface area contributed by atoms with Gasteiger partial charge in [0.05, 0.1) is 6.33 Å². The molecule has 0 unspecified atom stereocenters. The molecule has 1 amide bonds. The number of nitrogens with zero attached hydrogens (tertiary/aromatic N) is 4. The molecule has 0 spiro atoms. The normalized spacial score (nSPS) is 11.2. The second kappa shape index (κ2) is 7.28. The number of benzene rings is 1. The molecule has 0 aliphatic carbocycles. The summed E-state index contributed by atoms with van der Waals surface area (Å²) in [5.41, 5.74) is 4.42. The molecule has 4 rings (SSSR count). The summed E-state index contributed by atoms with van der Waals surface area (Å²) >= 11 is 0. The zero-order chi connectivity index (χ0) is 19.7. The summed E-state index contributed by atoms with van der Waals surface area (Å²) in [6.45, 7) is 0.426. The number of methoxy groups -OCH3 is 1. The molecule has 9 nitrogen and oxygen atoms in total. The van der Waals surface area contributed by atoms with Gasteiger partial charge in [-0.25, -0.2) is 9.97 Å². The Hall–Kier alpha value is -3.46. The number of carbonyl (C=O) groups is 1. The summed E-state index contributed by atoms with van der Waals surface area (Å²) < 4.78 is 12.7. The van der Waals surface area contributed by atoms with E-state index in [4.69, 9.17) is 9.15 Å². The van der Waals surface area contributed by atoms with Crippen LogP contribution in [0.25, 0.3) is 33.7 Å². The highest BCUT2D eigenvalue weighted by Gasteiger charge is 2.18. The van der Waals surface area contributed by atoms with Crippen LogP contribution in [0, 0.1) is 0 Å². The quantitative estimate of drug-likeness (QED) is 0.527. The van der Waals surface area contributed by atoms with Gasteiger partial charge >= 0.3 is 0 Å². The molecule has 0 aliphatic heterocycles. The van der Waals surface area contributed by atoms with E-state index >= 15 is 0 Å². The maximum atomic E-state index is 11.6. The van der Waals surface area contributed by atoms with E-state index in [0.29, 0.717) is 29.5 Å². The zero-order valence-corrected chi connectivity index (χ0v) is 15.8. The average Bonchev–Trinajstić information content (AvgIpc) is 3.30. The maximum Gasteiger partial charge on any atom is 0.251 e. The van der Waals surface area contributed by atoms with E-state index in [-0.39, 0.29) is 12.5 Å². The molecule has 1 aromatic carbocycles. The fourth-order valence-corrected chi connectivity index (χ4v) is 3.07. The number of hydrogen-bond donors (Lipinski definition) is 2. The second-order valence-electron chi connectivity index (χ2n) is 6.35. The molecule has 3 heterocycles. The molecule has 0 bridgehead atoms. The van der Waals surface area contributed by atoms with Crippen molar-refractivity contribution in [3.63, 3.8) is 0 Å². The molecule has 0 fully saturated rings. The molecule has 0 atom stereocenters. The molecule has 4 aromatic rings. The lowest BCUT2D eigenvalue weighted by atomic mass is 10.1. The SMILES string of the molecule is CNc1nc2oc(-c3cccc(CNC(=O)COC)c3)nc2c2c1ncn2C. The van der Waals surface area contributed by atoms with Crippen molar-refractivity contribution in [3.8, 4) is 11.5 Å². The maximum absolute atomic E-state index is 11.6. The van der Waals surface area contributed by atoms with Crippen molar-refractivity contribution in [2.24, 2.45) is 7.05 Å². The van der Waals surface area contributed by atoms with Gasteiger partial charge in [0.2, 0.25) is 11.8 Å². The van der Waals surface area contributed by atoms with E-state index in [2.05, 4.69) is 25.6 Å². The Morgan fingerprint density at radius 1 is 1.29 bits per heavy atom. The number of carbonyl (C=O) groups excluding carboxylic acids is 1. The lowest BCUT2D eigenvalue weighted by Crippen LogP contribution is -2.26. The predicted octanol–water partition coefficient (Wildman–Crippen LogP) is 2.08. The first-order valence-corrected chi connectivity index (χ1v) is 8.75. The molecule has 9 heteroatoms. The summed E-state index contributed by atoms with van der Waals surface area (Å²) in [5.74, 6) is 0.931. The van der Waals surface area contributed by atoms with Gasteiger partial charge in [-0.3, -0.25) is 4.79 Å². The van der Waals surface area contributed by atoms with Gasteiger partial charge in [0.1, 0.15) is 17.6 Å². The molecule has 0 aliphatic rings. The van der Waals surface area contributed by atoms with Crippen molar-refractivity contribution >= 4 is 34.0 Å². The number of hydrogen-bond acceptors (Lipinski definition) is 7. The summed E-state index contributed by atoms with van der Waals surface area (Å²) in [6.07, 6.45) is 1.73. The Labute approximate surface area is 160 Å². The Bertz CT molecular complexity index is 1160. The molecular formula is C19H20N6O3. The monoisotopic (exact) mass is 380 g/mol. The largest absolute Gasteiger partial charge is 0.418 e. The fourth-order valence-electron chi connectivity index (χ4n) is 3.07. The Morgan fingerprint density at radius 2 is 2.14 bits per heavy atom. The number of nitrogens with one attached hydrogen (secondary N) is 2. The summed E-state index contributed by atoms with van der Waals surface area (Å²) in [7, 11) is 5.19. The average molecular weight is 380 g/mol. The number of imidazole rings is 1. The molecule has 2 N–H and O–H groups in total. The smallest absolute Gasteiger partial charge is 0.251 e. The van der Waals surface area contributed by atoms with E-state index in [1.165, 1.54) is 7.11 Å². The number of aromatic nitrogens is 4. The molecule has 3 aromatic heterocycles. The third-order valence-corrected chi connectivity index (χ3v) is 4.38. The number of fused-ring (bicyclic) bond motifs is 3. The topological polar surface area (TPSA) is 107 Å². The Kier molecular flexibility index (Phi) is 4.66. The fraction of sp³-hybridized carbons (Fsp3) is 0.263. The van der Waals surface area contributed by atoms with Gasteiger partial charge in [0, 0.05) is 33.3 Å². The highest BCUT2D eigenvalue weighted by atomic mass is 16.5. The summed E-state index contributed by atoms with van der Waals surface area (Å²) in [4.78, 5) is 25.1. The van der Waals surface area contributed by atoms with Crippen molar-refractivity contribution in [1.82, 2.24) is 24.8 Å². The van der Waals surface area contributed by atoms with Gasteiger partial charge in [-0.05, 0) is 17.7 Å². The molecular weight excluding hydrogens is 360 g/mol. The molecule has 28 heavy (non-hydrogen) atoms. The van der Waals surface area contributed by atoms with Crippen molar-refractivity contribution in [2.75, 3.05) is 26.1 Å². The minimum Gasteiger partial charge on any atom is -0.418 e. The van der Waals surface area contributed by atoms with Gasteiger partial charge in [-0.15, -0.1) is 0 Å². The van der Waals surface area contributed by atoms with Crippen LogP contribution in [-0.2, 0) is 23.1 Å². The first kappa shape index (κ1) is 17.9. The van der Waals surface area contributed by atoms with E-state index < -0.39 is 0 Å². The van der Waals surface area contributed by atoms with Gasteiger partial charge in [-0.2, -0.15) is 4.98 Å². The zero-order valence-electron chi connectivity index (χ0n) is 15.8. The Morgan fingerprint density at radius 3 is 2.93 bits per heavy atom. The second-order valence-corrected chi connectivity index (χ2v) is 6.35. The predicted molar refractivity (Wildman–Crippen MR) is 105 cm³/mol. The molecule has 0 saturated heterocycles. The lowest BCUT2D eigenvalue weighted by Gasteiger charge is -2.05. The highest BCUT2D eigenvalue weighted by molar-refractivity contribution is 6.03. The third kappa shape index (κ3) is 3.16. The molecule has 0 saturated carbocycles. The van der Waals surface area contributed by atoms with Crippen LogP contribution in [0.5, 0.6) is 0 Å². The Balaban J connectivity index is 1.72. The minimum absolute atomic E-state index is 0.0327. The number of rotatable bonds is 6. The van der Waals surface area contributed by atoms with Crippen LogP contribution in [0.1, 0.15) is 5.56 Å². The van der Waals surface area contributed by atoms with Gasteiger partial charge in [0.15, 0.2) is 11.3 Å². The number of pyridine rings is 1. The number of aryl methyl sites for hydroxylation is 1. The van der Waals surface area contributed by atoms with Gasteiger partial charge < -0.3 is 24.4 Å². The first-order valence-electron chi connectivity index (χ1n) is 8.75. The van der Waals surface area contributed by atoms with E-state index in [1.54, 1.807) is 13.4 Å². The van der Waals surface area contributed by atoms with Crippen LogP contribution in [0.15, 0.2) is 35.0 Å². The first-order chi connectivity index (χ1) is 13.6. The molecule has 0 radical (unpaired) electrons. The minimum atomic E-state index is -0.169. The van der Waals surface area contributed by atoms with Crippen LogP contribution in [0.4, 0.5) is 5.82 Å². The molecule has 144 valence electrons. The van der Waals surface area contributed by atoms with Gasteiger partial charge in [0.25, 0.3) is 5.71 Å². The van der Waals surface area contributed by atoms with Crippen LogP contribution >= 0.6 is 0 Å². The third-order valence-electron chi connectivity index (χ3n) is 4.38. The lowest BCUT2D eigenvalue weighted by molar-refractivity contribution is -0.124.